The van der Waals surface area contributed by atoms with E-state index in [-0.39, 0.29) is 0 Å². The third-order valence-electron chi connectivity index (χ3n) is 3.00. The van der Waals surface area contributed by atoms with E-state index in [2.05, 4.69) is 34.3 Å². The van der Waals surface area contributed by atoms with Crippen LogP contribution >= 0.6 is 0 Å². The van der Waals surface area contributed by atoms with E-state index in [0.29, 0.717) is 18.5 Å². The van der Waals surface area contributed by atoms with Gasteiger partial charge in [0.05, 0.1) is 12.3 Å². The normalized spacial score (nSPS) is 10.8. The van der Waals surface area contributed by atoms with Crippen LogP contribution in [0.5, 0.6) is 5.88 Å². The number of aryl methyl sites for hydroxylation is 1. The second kappa shape index (κ2) is 8.32. The molecule has 2 aromatic heterocycles. The molecule has 112 valence electrons. The van der Waals surface area contributed by atoms with Gasteiger partial charge in [0.15, 0.2) is 0 Å². The summed E-state index contributed by atoms with van der Waals surface area (Å²) >= 11 is 0. The summed E-state index contributed by atoms with van der Waals surface area (Å²) in [5.74, 6) is 0.582. The van der Waals surface area contributed by atoms with Crippen LogP contribution in [0.4, 0.5) is 0 Å². The smallest absolute Gasteiger partial charge is 0.233 e. The zero-order valence-electron chi connectivity index (χ0n) is 12.6. The Bertz CT molecular complexity index is 514. The first kappa shape index (κ1) is 15.4. The molecular weight excluding hydrogens is 264 g/mol. The van der Waals surface area contributed by atoms with Crippen LogP contribution in [0.3, 0.4) is 0 Å². The molecule has 5 nitrogen and oxygen atoms in total. The van der Waals surface area contributed by atoms with Crippen LogP contribution in [0.1, 0.15) is 31.5 Å². The Balaban J connectivity index is 1.69. The first-order chi connectivity index (χ1) is 10.2. The Kier molecular flexibility index (Phi) is 6.09. The van der Waals surface area contributed by atoms with Crippen LogP contribution in [0.25, 0.3) is 0 Å². The fraction of sp³-hybridized carbons (Fsp3) is 0.438. The van der Waals surface area contributed by atoms with Crippen molar-refractivity contribution < 1.29 is 4.74 Å². The van der Waals surface area contributed by atoms with Crippen LogP contribution in [0, 0.1) is 0 Å². The van der Waals surface area contributed by atoms with Crippen LogP contribution in [-0.2, 0) is 13.0 Å². The Morgan fingerprint density at radius 2 is 1.90 bits per heavy atom. The average Bonchev–Trinajstić information content (AvgIpc) is 2.52. The van der Waals surface area contributed by atoms with Crippen molar-refractivity contribution in [3.8, 4) is 5.88 Å². The summed E-state index contributed by atoms with van der Waals surface area (Å²) in [6.45, 7) is 5.58. The second-order valence-electron chi connectivity index (χ2n) is 5.21. The minimum Gasteiger partial charge on any atom is -0.477 e. The van der Waals surface area contributed by atoms with E-state index in [9.17, 15) is 0 Å². The lowest BCUT2D eigenvalue weighted by molar-refractivity contribution is 0.295. The highest BCUT2D eigenvalue weighted by Crippen LogP contribution is 2.07. The minimum absolute atomic E-state index is 0.441. The van der Waals surface area contributed by atoms with E-state index >= 15 is 0 Å². The lowest BCUT2D eigenvalue weighted by Crippen LogP contribution is -2.22. The van der Waals surface area contributed by atoms with Crippen molar-refractivity contribution in [3.63, 3.8) is 0 Å². The Labute approximate surface area is 125 Å². The van der Waals surface area contributed by atoms with E-state index in [1.165, 1.54) is 5.56 Å². The molecule has 1 N–H and O–H groups in total. The number of hydrogen-bond donors (Lipinski definition) is 1. The van der Waals surface area contributed by atoms with Gasteiger partial charge in [-0.3, -0.25) is 4.98 Å². The van der Waals surface area contributed by atoms with Gasteiger partial charge >= 0.3 is 0 Å². The third-order valence-corrected chi connectivity index (χ3v) is 3.00. The molecule has 0 radical (unpaired) electrons. The van der Waals surface area contributed by atoms with Crippen molar-refractivity contribution in [3.05, 3.63) is 47.9 Å². The molecule has 0 aliphatic rings. The summed E-state index contributed by atoms with van der Waals surface area (Å²) in [5.41, 5.74) is 2.20. The summed E-state index contributed by atoms with van der Waals surface area (Å²) < 4.78 is 5.60. The van der Waals surface area contributed by atoms with Gasteiger partial charge < -0.3 is 10.1 Å². The summed E-state index contributed by atoms with van der Waals surface area (Å²) in [4.78, 5) is 4.00. The first-order valence-corrected chi connectivity index (χ1v) is 7.32. The van der Waals surface area contributed by atoms with Gasteiger partial charge in [0.2, 0.25) is 5.88 Å². The van der Waals surface area contributed by atoms with E-state index in [0.717, 1.165) is 25.1 Å². The van der Waals surface area contributed by atoms with Crippen molar-refractivity contribution in [2.75, 3.05) is 6.61 Å². The Morgan fingerprint density at radius 1 is 1.10 bits per heavy atom. The van der Waals surface area contributed by atoms with Gasteiger partial charge in [-0.1, -0.05) is 13.8 Å². The summed E-state index contributed by atoms with van der Waals surface area (Å²) in [6, 6.07) is 8.31. The Morgan fingerprint density at radius 3 is 2.57 bits per heavy atom. The van der Waals surface area contributed by atoms with E-state index in [4.69, 9.17) is 4.74 Å². The van der Waals surface area contributed by atoms with Gasteiger partial charge in [0.1, 0.15) is 0 Å². The van der Waals surface area contributed by atoms with E-state index < -0.39 is 0 Å². The van der Waals surface area contributed by atoms with Crippen molar-refractivity contribution in [1.29, 1.82) is 0 Å². The van der Waals surface area contributed by atoms with Crippen LogP contribution in [-0.4, -0.2) is 27.8 Å². The molecule has 0 bridgehead atoms. The maximum atomic E-state index is 5.60. The topological polar surface area (TPSA) is 59.9 Å². The maximum absolute atomic E-state index is 5.60. The van der Waals surface area contributed by atoms with E-state index in [1.807, 2.05) is 36.7 Å². The molecule has 0 saturated heterocycles. The molecule has 0 aliphatic carbocycles. The van der Waals surface area contributed by atoms with Crippen molar-refractivity contribution >= 4 is 0 Å². The molecule has 0 unspecified atom stereocenters. The zero-order chi connectivity index (χ0) is 14.9. The van der Waals surface area contributed by atoms with Gasteiger partial charge in [-0.15, -0.1) is 5.10 Å². The molecule has 0 amide bonds. The maximum Gasteiger partial charge on any atom is 0.233 e. The lowest BCUT2D eigenvalue weighted by atomic mass is 10.1. The molecule has 0 saturated carbocycles. The number of hydrogen-bond acceptors (Lipinski definition) is 5. The molecule has 0 aliphatic heterocycles. The fourth-order valence-electron chi connectivity index (χ4n) is 1.83. The van der Waals surface area contributed by atoms with Crippen molar-refractivity contribution in [2.24, 2.45) is 0 Å². The number of pyridine rings is 1. The zero-order valence-corrected chi connectivity index (χ0v) is 12.6. The first-order valence-electron chi connectivity index (χ1n) is 7.32. The van der Waals surface area contributed by atoms with Gasteiger partial charge in [0.25, 0.3) is 0 Å². The highest BCUT2D eigenvalue weighted by Gasteiger charge is 2.00. The lowest BCUT2D eigenvalue weighted by Gasteiger charge is -2.08. The second-order valence-corrected chi connectivity index (χ2v) is 5.21. The highest BCUT2D eigenvalue weighted by molar-refractivity contribution is 5.12. The number of rotatable bonds is 8. The highest BCUT2D eigenvalue weighted by atomic mass is 16.5. The van der Waals surface area contributed by atoms with Crippen LogP contribution < -0.4 is 10.1 Å². The van der Waals surface area contributed by atoms with Gasteiger partial charge in [-0.25, -0.2) is 0 Å². The fourth-order valence-corrected chi connectivity index (χ4v) is 1.83. The number of nitrogens with one attached hydrogen (secondary N) is 1. The molecule has 2 rings (SSSR count). The van der Waals surface area contributed by atoms with Crippen LogP contribution in [0.2, 0.25) is 0 Å². The third kappa shape index (κ3) is 5.87. The summed E-state index contributed by atoms with van der Waals surface area (Å²) in [6.07, 6.45) is 5.55. The molecule has 0 spiro atoms. The molecular formula is C16H22N4O. The van der Waals surface area contributed by atoms with Gasteiger partial charge in [-0.2, -0.15) is 5.10 Å². The van der Waals surface area contributed by atoms with Crippen LogP contribution in [0.15, 0.2) is 36.7 Å². The SMILES string of the molecule is CC(C)NCc1ccc(OCCCc2ccncc2)nn1. The summed E-state index contributed by atoms with van der Waals surface area (Å²) in [7, 11) is 0. The molecule has 0 fully saturated rings. The standard InChI is InChI=1S/C16H22N4O/c1-13(2)18-12-15-5-6-16(20-19-15)21-11-3-4-14-7-9-17-10-8-14/h5-10,13,18H,3-4,11-12H2,1-2H3. The molecule has 21 heavy (non-hydrogen) atoms. The summed E-state index contributed by atoms with van der Waals surface area (Å²) in [5, 5.41) is 11.5. The molecule has 0 atom stereocenters. The minimum atomic E-state index is 0.441. The molecule has 2 aromatic rings. The number of nitrogens with zero attached hydrogens (tertiary/aromatic N) is 3. The van der Waals surface area contributed by atoms with E-state index in [1.54, 1.807) is 0 Å². The number of ether oxygens (including phenoxy) is 1. The molecule has 5 heteroatoms. The largest absolute Gasteiger partial charge is 0.477 e. The van der Waals surface area contributed by atoms with Crippen molar-refractivity contribution in [2.45, 2.75) is 39.3 Å². The van der Waals surface area contributed by atoms with Gasteiger partial charge in [0, 0.05) is 31.0 Å². The predicted molar refractivity (Wildman–Crippen MR) is 82.1 cm³/mol. The monoisotopic (exact) mass is 286 g/mol. The van der Waals surface area contributed by atoms with Gasteiger partial charge in [-0.05, 0) is 36.6 Å². The molecule has 0 aromatic carbocycles. The molecule has 2 heterocycles. The Hall–Kier alpha value is -2.01. The number of aromatic nitrogens is 3. The quantitative estimate of drug-likeness (QED) is 0.755. The predicted octanol–water partition coefficient (Wildman–Crippen LogP) is 2.38. The van der Waals surface area contributed by atoms with Crippen molar-refractivity contribution in [1.82, 2.24) is 20.5 Å². The average molecular weight is 286 g/mol.